The zero-order chi connectivity index (χ0) is 18.2. The van der Waals surface area contributed by atoms with Crippen LogP contribution in [0.2, 0.25) is 0 Å². The molecule has 2 aromatic rings. The van der Waals surface area contributed by atoms with Gasteiger partial charge in [-0.1, -0.05) is 28.1 Å². The summed E-state index contributed by atoms with van der Waals surface area (Å²) in [6, 6.07) is 12.5. The summed E-state index contributed by atoms with van der Waals surface area (Å²) in [5.41, 5.74) is 1.14. The molecule has 0 fully saturated rings. The molecule has 0 saturated carbocycles. The van der Waals surface area contributed by atoms with E-state index in [1.165, 1.54) is 24.3 Å². The number of esters is 1. The van der Waals surface area contributed by atoms with Gasteiger partial charge < -0.3 is 14.8 Å². The van der Waals surface area contributed by atoms with Crippen LogP contribution in [0.5, 0.6) is 5.75 Å². The SMILES string of the molecule is O=C(COC(=O)Cc1ccc(Br)cc1)Nc1ccc(OC(F)F)cc1. The Hall–Kier alpha value is -2.48. The van der Waals surface area contributed by atoms with Crippen molar-refractivity contribution in [1.82, 2.24) is 0 Å². The van der Waals surface area contributed by atoms with Crippen LogP contribution < -0.4 is 10.1 Å². The zero-order valence-electron chi connectivity index (χ0n) is 12.9. The van der Waals surface area contributed by atoms with Crippen molar-refractivity contribution >= 4 is 33.5 Å². The summed E-state index contributed by atoms with van der Waals surface area (Å²) in [5.74, 6) is -1.08. The Labute approximate surface area is 151 Å². The minimum absolute atomic E-state index is 0.0195. The fourth-order valence-electron chi connectivity index (χ4n) is 1.88. The van der Waals surface area contributed by atoms with Gasteiger partial charge in [-0.3, -0.25) is 9.59 Å². The number of hydrogen-bond donors (Lipinski definition) is 1. The number of carbonyl (C=O) groups excluding carboxylic acids is 2. The Balaban J connectivity index is 1.76. The Morgan fingerprint density at radius 1 is 1.04 bits per heavy atom. The number of rotatable bonds is 7. The van der Waals surface area contributed by atoms with Crippen molar-refractivity contribution in [3.63, 3.8) is 0 Å². The maximum absolute atomic E-state index is 12.0. The first-order chi connectivity index (χ1) is 11.9. The fourth-order valence-corrected chi connectivity index (χ4v) is 2.15. The number of anilines is 1. The molecule has 0 unspecified atom stereocenters. The molecule has 0 heterocycles. The van der Waals surface area contributed by atoms with Gasteiger partial charge in [0.2, 0.25) is 0 Å². The van der Waals surface area contributed by atoms with Gasteiger partial charge in [0.15, 0.2) is 6.61 Å². The molecule has 0 spiro atoms. The third-order valence-corrected chi connectivity index (χ3v) is 3.52. The summed E-state index contributed by atoms with van der Waals surface area (Å²) in [7, 11) is 0. The molecule has 2 aromatic carbocycles. The number of carbonyl (C=O) groups is 2. The van der Waals surface area contributed by atoms with E-state index in [0.717, 1.165) is 10.0 Å². The van der Waals surface area contributed by atoms with E-state index >= 15 is 0 Å². The topological polar surface area (TPSA) is 64.6 Å². The molecule has 5 nitrogen and oxygen atoms in total. The van der Waals surface area contributed by atoms with Crippen molar-refractivity contribution < 1.29 is 27.8 Å². The van der Waals surface area contributed by atoms with E-state index in [9.17, 15) is 18.4 Å². The zero-order valence-corrected chi connectivity index (χ0v) is 14.5. The van der Waals surface area contributed by atoms with Crippen LogP contribution in [-0.2, 0) is 20.7 Å². The van der Waals surface area contributed by atoms with Gasteiger partial charge in [-0.25, -0.2) is 0 Å². The monoisotopic (exact) mass is 413 g/mol. The Morgan fingerprint density at radius 3 is 2.28 bits per heavy atom. The van der Waals surface area contributed by atoms with Crippen LogP contribution in [0.3, 0.4) is 0 Å². The molecule has 0 saturated heterocycles. The molecule has 1 N–H and O–H groups in total. The lowest BCUT2D eigenvalue weighted by Crippen LogP contribution is -2.21. The third-order valence-electron chi connectivity index (χ3n) is 2.99. The van der Waals surface area contributed by atoms with Crippen molar-refractivity contribution in [2.75, 3.05) is 11.9 Å². The third kappa shape index (κ3) is 6.88. The van der Waals surface area contributed by atoms with Gasteiger partial charge in [0.05, 0.1) is 6.42 Å². The summed E-state index contributed by atoms with van der Waals surface area (Å²) in [4.78, 5) is 23.4. The van der Waals surface area contributed by atoms with Gasteiger partial charge in [-0.05, 0) is 42.0 Å². The molecule has 0 atom stereocenters. The highest BCUT2D eigenvalue weighted by molar-refractivity contribution is 9.10. The van der Waals surface area contributed by atoms with Gasteiger partial charge in [0.25, 0.3) is 5.91 Å². The highest BCUT2D eigenvalue weighted by Gasteiger charge is 2.10. The molecule has 0 aliphatic carbocycles. The van der Waals surface area contributed by atoms with Crippen molar-refractivity contribution in [3.8, 4) is 5.75 Å². The fraction of sp³-hybridized carbons (Fsp3) is 0.176. The lowest BCUT2D eigenvalue weighted by molar-refractivity contribution is -0.146. The molecular weight excluding hydrogens is 400 g/mol. The van der Waals surface area contributed by atoms with Crippen molar-refractivity contribution in [1.29, 1.82) is 0 Å². The second-order valence-corrected chi connectivity index (χ2v) is 5.83. The van der Waals surface area contributed by atoms with Crippen LogP contribution in [0.4, 0.5) is 14.5 Å². The Kier molecular flexibility index (Phi) is 6.88. The summed E-state index contributed by atoms with van der Waals surface area (Å²) in [6.07, 6.45) is 0.0558. The quantitative estimate of drug-likeness (QED) is 0.701. The lowest BCUT2D eigenvalue weighted by Gasteiger charge is -2.08. The maximum Gasteiger partial charge on any atom is 0.387 e. The van der Waals surface area contributed by atoms with Gasteiger partial charge >= 0.3 is 12.6 Å². The second kappa shape index (κ2) is 9.12. The van der Waals surface area contributed by atoms with Crippen molar-refractivity contribution in [3.05, 3.63) is 58.6 Å². The molecule has 25 heavy (non-hydrogen) atoms. The molecule has 8 heteroatoms. The first kappa shape index (κ1) is 18.9. The van der Waals surface area contributed by atoms with E-state index in [-0.39, 0.29) is 12.2 Å². The van der Waals surface area contributed by atoms with Crippen LogP contribution >= 0.6 is 15.9 Å². The summed E-state index contributed by atoms with van der Waals surface area (Å²) in [6.45, 7) is -3.35. The molecule has 0 radical (unpaired) electrons. The maximum atomic E-state index is 12.0. The summed E-state index contributed by atoms with van der Waals surface area (Å²) >= 11 is 3.29. The number of benzene rings is 2. The van der Waals surface area contributed by atoms with E-state index < -0.39 is 25.1 Å². The first-order valence-electron chi connectivity index (χ1n) is 7.17. The van der Waals surface area contributed by atoms with E-state index in [1.54, 1.807) is 24.3 Å². The van der Waals surface area contributed by atoms with E-state index in [1.807, 2.05) is 0 Å². The van der Waals surface area contributed by atoms with Crippen LogP contribution in [0.25, 0.3) is 0 Å². The van der Waals surface area contributed by atoms with Gasteiger partial charge in [-0.15, -0.1) is 0 Å². The van der Waals surface area contributed by atoms with E-state index in [0.29, 0.717) is 5.69 Å². The van der Waals surface area contributed by atoms with Crippen LogP contribution in [-0.4, -0.2) is 25.1 Å². The average molecular weight is 414 g/mol. The number of hydrogen-bond acceptors (Lipinski definition) is 4. The van der Waals surface area contributed by atoms with E-state index in [2.05, 4.69) is 26.0 Å². The molecule has 0 bridgehead atoms. The van der Waals surface area contributed by atoms with Gasteiger partial charge in [0.1, 0.15) is 5.75 Å². The number of nitrogens with one attached hydrogen (secondary N) is 1. The van der Waals surface area contributed by atoms with Gasteiger partial charge in [-0.2, -0.15) is 8.78 Å². The molecular formula is C17H14BrF2NO4. The Morgan fingerprint density at radius 2 is 1.68 bits per heavy atom. The number of amides is 1. The largest absolute Gasteiger partial charge is 0.455 e. The van der Waals surface area contributed by atoms with Crippen LogP contribution in [0.1, 0.15) is 5.56 Å². The molecule has 1 amide bonds. The van der Waals surface area contributed by atoms with Gasteiger partial charge in [0, 0.05) is 10.2 Å². The molecule has 0 aliphatic rings. The second-order valence-electron chi connectivity index (χ2n) is 4.91. The molecule has 2 rings (SSSR count). The van der Waals surface area contributed by atoms with Crippen LogP contribution in [0.15, 0.2) is 53.0 Å². The highest BCUT2D eigenvalue weighted by atomic mass is 79.9. The summed E-state index contributed by atoms with van der Waals surface area (Å²) in [5, 5.41) is 2.48. The minimum Gasteiger partial charge on any atom is -0.455 e. The van der Waals surface area contributed by atoms with E-state index in [4.69, 9.17) is 4.74 Å². The minimum atomic E-state index is -2.91. The predicted molar refractivity (Wildman–Crippen MR) is 90.5 cm³/mol. The van der Waals surface area contributed by atoms with Crippen molar-refractivity contribution in [2.45, 2.75) is 13.0 Å². The molecule has 0 aliphatic heterocycles. The summed E-state index contributed by atoms with van der Waals surface area (Å²) < 4.78 is 34.1. The standard InChI is InChI=1S/C17H14BrF2NO4/c18-12-3-1-11(2-4-12)9-16(23)24-10-15(22)21-13-5-7-14(8-6-13)25-17(19)20/h1-8,17H,9-10H2,(H,21,22). The lowest BCUT2D eigenvalue weighted by atomic mass is 10.2. The van der Waals surface area contributed by atoms with Crippen molar-refractivity contribution in [2.24, 2.45) is 0 Å². The molecule has 0 aromatic heterocycles. The highest BCUT2D eigenvalue weighted by Crippen LogP contribution is 2.17. The number of ether oxygens (including phenoxy) is 2. The van der Waals surface area contributed by atoms with Crippen LogP contribution in [0, 0.1) is 0 Å². The average Bonchev–Trinajstić information content (AvgIpc) is 2.56. The predicted octanol–water partition coefficient (Wildman–Crippen LogP) is 3.77. The molecule has 132 valence electrons. The smallest absolute Gasteiger partial charge is 0.387 e. The number of halogens is 3. The Bertz CT molecular complexity index is 720. The normalized spacial score (nSPS) is 10.4. The first-order valence-corrected chi connectivity index (χ1v) is 7.96. The number of alkyl halides is 2.